The maximum absolute atomic E-state index is 3.69. The second-order valence-corrected chi connectivity index (χ2v) is 7.25. The van der Waals surface area contributed by atoms with Crippen molar-refractivity contribution in [1.82, 2.24) is 10.2 Å². The molecule has 1 saturated carbocycles. The SMILES string of the molecule is CC(C)C1CCCC(N(C)CC2CCCCN2)CC1. The zero-order valence-corrected chi connectivity index (χ0v) is 13.3. The minimum Gasteiger partial charge on any atom is -0.313 e. The summed E-state index contributed by atoms with van der Waals surface area (Å²) in [6.07, 6.45) is 11.4. The van der Waals surface area contributed by atoms with E-state index >= 15 is 0 Å². The lowest BCUT2D eigenvalue weighted by Crippen LogP contribution is -2.45. The summed E-state index contributed by atoms with van der Waals surface area (Å²) >= 11 is 0. The van der Waals surface area contributed by atoms with Crippen LogP contribution in [0.15, 0.2) is 0 Å². The van der Waals surface area contributed by atoms with Crippen molar-refractivity contribution in [2.45, 2.75) is 77.3 Å². The summed E-state index contributed by atoms with van der Waals surface area (Å²) in [5.74, 6) is 1.86. The Bertz CT molecular complexity index is 246. The Morgan fingerprint density at radius 1 is 1.00 bits per heavy atom. The molecule has 0 aromatic heterocycles. The van der Waals surface area contributed by atoms with E-state index in [2.05, 4.69) is 31.1 Å². The fourth-order valence-electron chi connectivity index (χ4n) is 3.99. The van der Waals surface area contributed by atoms with Crippen LogP contribution in [-0.2, 0) is 0 Å². The molecule has 1 aliphatic carbocycles. The highest BCUT2D eigenvalue weighted by Crippen LogP contribution is 2.30. The van der Waals surface area contributed by atoms with E-state index in [9.17, 15) is 0 Å². The van der Waals surface area contributed by atoms with Crippen LogP contribution >= 0.6 is 0 Å². The highest BCUT2D eigenvalue weighted by atomic mass is 15.2. The molecule has 0 aromatic carbocycles. The lowest BCUT2D eigenvalue weighted by molar-refractivity contribution is 0.184. The predicted molar refractivity (Wildman–Crippen MR) is 83.5 cm³/mol. The van der Waals surface area contributed by atoms with Crippen molar-refractivity contribution in [1.29, 1.82) is 0 Å². The van der Waals surface area contributed by atoms with Crippen molar-refractivity contribution in [3.05, 3.63) is 0 Å². The predicted octanol–water partition coefficient (Wildman–Crippen LogP) is 3.67. The summed E-state index contributed by atoms with van der Waals surface area (Å²) in [6, 6.07) is 1.59. The molecular formula is C17H34N2. The quantitative estimate of drug-likeness (QED) is 0.781. The highest BCUT2D eigenvalue weighted by Gasteiger charge is 2.25. The molecule has 1 N–H and O–H groups in total. The van der Waals surface area contributed by atoms with Crippen molar-refractivity contribution < 1.29 is 0 Å². The molecule has 3 atom stereocenters. The van der Waals surface area contributed by atoms with Crippen molar-refractivity contribution in [3.8, 4) is 0 Å². The summed E-state index contributed by atoms with van der Waals surface area (Å²) in [5, 5.41) is 3.69. The van der Waals surface area contributed by atoms with Gasteiger partial charge in [-0.1, -0.05) is 33.1 Å². The smallest absolute Gasteiger partial charge is 0.0195 e. The molecule has 1 aliphatic heterocycles. The summed E-state index contributed by atoms with van der Waals surface area (Å²) in [6.45, 7) is 7.30. The van der Waals surface area contributed by atoms with Gasteiger partial charge in [0, 0.05) is 18.6 Å². The van der Waals surface area contributed by atoms with E-state index in [1.165, 1.54) is 64.5 Å². The monoisotopic (exact) mass is 266 g/mol. The summed E-state index contributed by atoms with van der Waals surface area (Å²) in [7, 11) is 2.36. The number of likely N-dealkylation sites (N-methyl/N-ethyl adjacent to an activating group) is 1. The van der Waals surface area contributed by atoms with Crippen LogP contribution in [-0.4, -0.2) is 37.1 Å². The van der Waals surface area contributed by atoms with E-state index in [0.717, 1.165) is 23.9 Å². The number of hydrogen-bond acceptors (Lipinski definition) is 2. The molecule has 2 nitrogen and oxygen atoms in total. The van der Waals surface area contributed by atoms with Gasteiger partial charge in [-0.2, -0.15) is 0 Å². The van der Waals surface area contributed by atoms with Gasteiger partial charge in [0.15, 0.2) is 0 Å². The molecule has 1 heterocycles. The molecule has 1 saturated heterocycles. The van der Waals surface area contributed by atoms with Gasteiger partial charge in [-0.15, -0.1) is 0 Å². The van der Waals surface area contributed by atoms with Gasteiger partial charge in [-0.3, -0.25) is 0 Å². The Morgan fingerprint density at radius 2 is 1.84 bits per heavy atom. The van der Waals surface area contributed by atoms with Crippen molar-refractivity contribution in [2.24, 2.45) is 11.8 Å². The maximum Gasteiger partial charge on any atom is 0.0195 e. The number of nitrogens with one attached hydrogen (secondary N) is 1. The van der Waals surface area contributed by atoms with E-state index in [1.54, 1.807) is 0 Å². The average molecular weight is 266 g/mol. The Kier molecular flexibility index (Phi) is 6.15. The van der Waals surface area contributed by atoms with Gasteiger partial charge >= 0.3 is 0 Å². The minimum absolute atomic E-state index is 0.753. The van der Waals surface area contributed by atoms with Gasteiger partial charge in [0.05, 0.1) is 0 Å². The Balaban J connectivity index is 1.77. The molecule has 2 aliphatic rings. The largest absolute Gasteiger partial charge is 0.313 e. The Morgan fingerprint density at radius 3 is 2.53 bits per heavy atom. The molecule has 3 unspecified atom stereocenters. The van der Waals surface area contributed by atoms with Crippen molar-refractivity contribution in [3.63, 3.8) is 0 Å². The van der Waals surface area contributed by atoms with Gasteiger partial charge in [0.1, 0.15) is 0 Å². The second kappa shape index (κ2) is 7.64. The first kappa shape index (κ1) is 15.3. The van der Waals surface area contributed by atoms with Gasteiger partial charge < -0.3 is 10.2 Å². The average Bonchev–Trinajstić information content (AvgIpc) is 2.65. The van der Waals surface area contributed by atoms with E-state index < -0.39 is 0 Å². The standard InChI is InChI=1S/C17H34N2/c1-14(2)15-7-6-9-17(11-10-15)19(3)13-16-8-4-5-12-18-16/h14-18H,4-13H2,1-3H3. The zero-order valence-electron chi connectivity index (χ0n) is 13.3. The van der Waals surface area contributed by atoms with Crippen LogP contribution in [0.5, 0.6) is 0 Å². The third-order valence-corrected chi connectivity index (χ3v) is 5.47. The summed E-state index contributed by atoms with van der Waals surface area (Å²) < 4.78 is 0. The van der Waals surface area contributed by atoms with Crippen LogP contribution in [0.2, 0.25) is 0 Å². The second-order valence-electron chi connectivity index (χ2n) is 7.25. The highest BCUT2D eigenvalue weighted by molar-refractivity contribution is 4.81. The van der Waals surface area contributed by atoms with Gasteiger partial charge in [-0.25, -0.2) is 0 Å². The van der Waals surface area contributed by atoms with Crippen LogP contribution in [0, 0.1) is 11.8 Å². The van der Waals surface area contributed by atoms with E-state index in [-0.39, 0.29) is 0 Å². The van der Waals surface area contributed by atoms with E-state index in [4.69, 9.17) is 0 Å². The zero-order chi connectivity index (χ0) is 13.7. The molecule has 0 bridgehead atoms. The molecule has 2 rings (SSSR count). The normalized spacial score (nSPS) is 33.6. The Hall–Kier alpha value is -0.0800. The van der Waals surface area contributed by atoms with E-state index in [0.29, 0.717) is 0 Å². The Labute approximate surface area is 120 Å². The van der Waals surface area contributed by atoms with Crippen molar-refractivity contribution in [2.75, 3.05) is 20.1 Å². The maximum atomic E-state index is 3.69. The number of nitrogens with zero attached hydrogens (tertiary/aromatic N) is 1. The molecule has 0 amide bonds. The fraction of sp³-hybridized carbons (Fsp3) is 1.00. The first-order valence-corrected chi connectivity index (χ1v) is 8.60. The van der Waals surface area contributed by atoms with Crippen LogP contribution in [0.1, 0.15) is 65.2 Å². The molecule has 2 fully saturated rings. The van der Waals surface area contributed by atoms with Crippen LogP contribution in [0.3, 0.4) is 0 Å². The summed E-state index contributed by atoms with van der Waals surface area (Å²) in [5.41, 5.74) is 0. The molecule has 112 valence electrons. The van der Waals surface area contributed by atoms with Gasteiger partial charge in [-0.05, 0) is 57.5 Å². The fourth-order valence-corrected chi connectivity index (χ4v) is 3.99. The third kappa shape index (κ3) is 4.75. The van der Waals surface area contributed by atoms with Crippen molar-refractivity contribution >= 4 is 0 Å². The topological polar surface area (TPSA) is 15.3 Å². The molecule has 0 radical (unpaired) electrons. The lowest BCUT2D eigenvalue weighted by Gasteiger charge is -2.33. The van der Waals surface area contributed by atoms with Crippen LogP contribution in [0.4, 0.5) is 0 Å². The van der Waals surface area contributed by atoms with Crippen LogP contribution in [0.25, 0.3) is 0 Å². The number of hydrogen-bond donors (Lipinski definition) is 1. The van der Waals surface area contributed by atoms with Gasteiger partial charge in [0.25, 0.3) is 0 Å². The molecular weight excluding hydrogens is 232 g/mol. The van der Waals surface area contributed by atoms with Crippen LogP contribution < -0.4 is 5.32 Å². The third-order valence-electron chi connectivity index (χ3n) is 5.47. The molecule has 19 heavy (non-hydrogen) atoms. The molecule has 0 aromatic rings. The minimum atomic E-state index is 0.753. The lowest BCUT2D eigenvalue weighted by atomic mass is 9.89. The first-order valence-electron chi connectivity index (χ1n) is 8.60. The summed E-state index contributed by atoms with van der Waals surface area (Å²) in [4.78, 5) is 2.66. The number of rotatable bonds is 4. The van der Waals surface area contributed by atoms with Gasteiger partial charge in [0.2, 0.25) is 0 Å². The molecule has 2 heteroatoms. The number of piperidine rings is 1. The van der Waals surface area contributed by atoms with E-state index in [1.807, 2.05) is 0 Å². The first-order chi connectivity index (χ1) is 9.16. The molecule has 0 spiro atoms.